The van der Waals surface area contributed by atoms with E-state index in [4.69, 9.17) is 0 Å². The first-order valence-electron chi connectivity index (χ1n) is 4.10. The van der Waals surface area contributed by atoms with Crippen LogP contribution in [0.5, 0.6) is 5.75 Å². The zero-order chi connectivity index (χ0) is 9.10. The number of rotatable bonds is 2. The lowest BCUT2D eigenvalue weighted by Crippen LogP contribution is -1.87. The number of hydrogen-bond acceptors (Lipinski definition) is 2. The molecular formula is C10H10N2O. The van der Waals surface area contributed by atoms with Gasteiger partial charge < -0.3 is 10.1 Å². The molecule has 0 aliphatic rings. The van der Waals surface area contributed by atoms with Gasteiger partial charge in [-0.05, 0) is 11.6 Å². The Bertz CT molecular complexity index is 382. The molecule has 0 saturated heterocycles. The molecule has 0 spiro atoms. The minimum absolute atomic E-state index is 0.331. The number of benzene rings is 1. The lowest BCUT2D eigenvalue weighted by molar-refractivity contribution is 0.469. The fourth-order valence-electron chi connectivity index (χ4n) is 1.25. The highest BCUT2D eigenvalue weighted by molar-refractivity contribution is 5.34. The number of aromatic amines is 1. The molecule has 0 amide bonds. The van der Waals surface area contributed by atoms with E-state index in [0.29, 0.717) is 12.2 Å². The summed E-state index contributed by atoms with van der Waals surface area (Å²) in [6.07, 6.45) is 4.08. The third-order valence-corrected chi connectivity index (χ3v) is 1.93. The van der Waals surface area contributed by atoms with E-state index in [1.54, 1.807) is 18.6 Å². The molecule has 2 N–H and O–H groups in total. The van der Waals surface area contributed by atoms with Crippen molar-refractivity contribution in [2.24, 2.45) is 0 Å². The zero-order valence-electron chi connectivity index (χ0n) is 7.07. The monoisotopic (exact) mass is 174 g/mol. The van der Waals surface area contributed by atoms with Gasteiger partial charge in [-0.3, -0.25) is 0 Å². The summed E-state index contributed by atoms with van der Waals surface area (Å²) < 4.78 is 0. The molecule has 2 aromatic rings. The molecule has 0 radical (unpaired) electrons. The van der Waals surface area contributed by atoms with Gasteiger partial charge in [0, 0.05) is 18.3 Å². The summed E-state index contributed by atoms with van der Waals surface area (Å²) in [5, 5.41) is 9.48. The molecule has 13 heavy (non-hydrogen) atoms. The maximum absolute atomic E-state index is 9.48. The lowest BCUT2D eigenvalue weighted by atomic mass is 10.1. The van der Waals surface area contributed by atoms with Gasteiger partial charge in [0.05, 0.1) is 6.33 Å². The van der Waals surface area contributed by atoms with E-state index in [1.807, 2.05) is 18.2 Å². The van der Waals surface area contributed by atoms with Crippen LogP contribution in [0.3, 0.4) is 0 Å². The number of aromatic nitrogens is 2. The first-order chi connectivity index (χ1) is 6.36. The van der Waals surface area contributed by atoms with Crippen molar-refractivity contribution in [3.63, 3.8) is 0 Å². The van der Waals surface area contributed by atoms with Crippen molar-refractivity contribution >= 4 is 0 Å². The van der Waals surface area contributed by atoms with Gasteiger partial charge in [0.15, 0.2) is 0 Å². The van der Waals surface area contributed by atoms with Crippen molar-refractivity contribution in [3.05, 3.63) is 48.0 Å². The summed E-state index contributed by atoms with van der Waals surface area (Å²) in [6, 6.07) is 7.30. The van der Waals surface area contributed by atoms with E-state index in [2.05, 4.69) is 9.97 Å². The molecule has 1 aromatic heterocycles. The average molecular weight is 174 g/mol. The first-order valence-corrected chi connectivity index (χ1v) is 4.10. The van der Waals surface area contributed by atoms with E-state index in [-0.39, 0.29) is 0 Å². The number of aromatic hydroxyl groups is 1. The molecule has 0 unspecified atom stereocenters. The molecule has 1 heterocycles. The predicted octanol–water partition coefficient (Wildman–Crippen LogP) is 1.71. The highest BCUT2D eigenvalue weighted by atomic mass is 16.3. The second-order valence-electron chi connectivity index (χ2n) is 2.88. The number of phenols is 1. The van der Waals surface area contributed by atoms with Crippen LogP contribution in [0.25, 0.3) is 0 Å². The molecule has 0 bridgehead atoms. The van der Waals surface area contributed by atoms with Crippen LogP contribution in [-0.2, 0) is 6.42 Å². The van der Waals surface area contributed by atoms with Crippen molar-refractivity contribution in [3.8, 4) is 5.75 Å². The molecule has 66 valence electrons. The number of imidazole rings is 1. The molecule has 2 rings (SSSR count). The van der Waals surface area contributed by atoms with E-state index >= 15 is 0 Å². The Kier molecular flexibility index (Phi) is 2.00. The smallest absolute Gasteiger partial charge is 0.119 e. The Hall–Kier alpha value is -1.77. The van der Waals surface area contributed by atoms with Gasteiger partial charge in [-0.1, -0.05) is 18.2 Å². The van der Waals surface area contributed by atoms with Gasteiger partial charge in [0.25, 0.3) is 0 Å². The van der Waals surface area contributed by atoms with E-state index in [9.17, 15) is 5.11 Å². The minimum atomic E-state index is 0.331. The summed E-state index contributed by atoms with van der Waals surface area (Å²) in [5.74, 6) is 0.331. The molecule has 1 aromatic carbocycles. The highest BCUT2D eigenvalue weighted by Crippen LogP contribution is 2.18. The van der Waals surface area contributed by atoms with Crippen LogP contribution in [0.2, 0.25) is 0 Å². The first kappa shape index (κ1) is 7.86. The van der Waals surface area contributed by atoms with Gasteiger partial charge in [0.2, 0.25) is 0 Å². The predicted molar refractivity (Wildman–Crippen MR) is 49.5 cm³/mol. The number of phenolic OH excluding ortho intramolecular Hbond substituents is 1. The van der Waals surface area contributed by atoms with Crippen LogP contribution in [0.1, 0.15) is 11.3 Å². The van der Waals surface area contributed by atoms with E-state index in [1.165, 1.54) is 0 Å². The van der Waals surface area contributed by atoms with Gasteiger partial charge in [0.1, 0.15) is 5.75 Å². The standard InChI is InChI=1S/C10H10N2O/c13-10-4-2-1-3-8(10)5-9-6-11-7-12-9/h1-4,6-7,13H,5H2,(H,11,12). The van der Waals surface area contributed by atoms with Gasteiger partial charge >= 0.3 is 0 Å². The largest absolute Gasteiger partial charge is 0.508 e. The number of hydrogen-bond donors (Lipinski definition) is 2. The topological polar surface area (TPSA) is 48.9 Å². The number of H-pyrrole nitrogens is 1. The Morgan fingerprint density at radius 1 is 1.31 bits per heavy atom. The normalized spacial score (nSPS) is 10.2. The maximum atomic E-state index is 9.48. The van der Waals surface area contributed by atoms with E-state index < -0.39 is 0 Å². The third-order valence-electron chi connectivity index (χ3n) is 1.93. The van der Waals surface area contributed by atoms with Crippen molar-refractivity contribution in [1.29, 1.82) is 0 Å². The molecule has 3 nitrogen and oxygen atoms in total. The van der Waals surface area contributed by atoms with Crippen LogP contribution >= 0.6 is 0 Å². The summed E-state index contributed by atoms with van der Waals surface area (Å²) in [6.45, 7) is 0. The van der Waals surface area contributed by atoms with Crippen LogP contribution in [0, 0.1) is 0 Å². The number of para-hydroxylation sites is 1. The minimum Gasteiger partial charge on any atom is -0.508 e. The summed E-state index contributed by atoms with van der Waals surface area (Å²) in [4.78, 5) is 6.90. The fraction of sp³-hybridized carbons (Fsp3) is 0.100. The van der Waals surface area contributed by atoms with Crippen molar-refractivity contribution in [1.82, 2.24) is 9.97 Å². The Labute approximate surface area is 76.1 Å². The molecular weight excluding hydrogens is 164 g/mol. The lowest BCUT2D eigenvalue weighted by Gasteiger charge is -2.00. The Morgan fingerprint density at radius 2 is 2.15 bits per heavy atom. The molecule has 0 fully saturated rings. The summed E-state index contributed by atoms with van der Waals surface area (Å²) in [7, 11) is 0. The van der Waals surface area contributed by atoms with Gasteiger partial charge in [-0.15, -0.1) is 0 Å². The Morgan fingerprint density at radius 3 is 2.85 bits per heavy atom. The van der Waals surface area contributed by atoms with Crippen LogP contribution in [0.4, 0.5) is 0 Å². The molecule has 0 aliphatic heterocycles. The number of nitrogens with one attached hydrogen (secondary N) is 1. The van der Waals surface area contributed by atoms with Crippen LogP contribution in [-0.4, -0.2) is 15.1 Å². The Balaban J connectivity index is 2.24. The summed E-state index contributed by atoms with van der Waals surface area (Å²) >= 11 is 0. The maximum Gasteiger partial charge on any atom is 0.119 e. The highest BCUT2D eigenvalue weighted by Gasteiger charge is 2.01. The van der Waals surface area contributed by atoms with Crippen molar-refractivity contribution in [2.45, 2.75) is 6.42 Å². The third kappa shape index (κ3) is 1.69. The van der Waals surface area contributed by atoms with Crippen molar-refractivity contribution in [2.75, 3.05) is 0 Å². The van der Waals surface area contributed by atoms with Gasteiger partial charge in [-0.2, -0.15) is 0 Å². The van der Waals surface area contributed by atoms with Gasteiger partial charge in [-0.25, -0.2) is 4.98 Å². The summed E-state index contributed by atoms with van der Waals surface area (Å²) in [5.41, 5.74) is 1.91. The van der Waals surface area contributed by atoms with E-state index in [0.717, 1.165) is 11.3 Å². The fourth-order valence-corrected chi connectivity index (χ4v) is 1.25. The van der Waals surface area contributed by atoms with Crippen LogP contribution in [0.15, 0.2) is 36.8 Å². The quantitative estimate of drug-likeness (QED) is 0.728. The van der Waals surface area contributed by atoms with Crippen molar-refractivity contribution < 1.29 is 5.11 Å². The molecule has 0 saturated carbocycles. The number of nitrogens with zero attached hydrogens (tertiary/aromatic N) is 1. The molecule has 3 heteroatoms. The average Bonchev–Trinajstić information content (AvgIpc) is 2.61. The second kappa shape index (κ2) is 3.31. The zero-order valence-corrected chi connectivity index (χ0v) is 7.07. The molecule has 0 aliphatic carbocycles. The SMILES string of the molecule is Oc1ccccc1Cc1cnc[nH]1. The molecule has 0 atom stereocenters. The second-order valence-corrected chi connectivity index (χ2v) is 2.88. The van der Waals surface area contributed by atoms with Crippen LogP contribution < -0.4 is 0 Å².